The maximum Gasteiger partial charge on any atom is 0.344 e. The molecule has 10 nitrogen and oxygen atoms in total. The second kappa shape index (κ2) is 10.2. The molecule has 208 valence electrons. The Morgan fingerprint density at radius 1 is 0.643 bits per heavy atom. The lowest BCUT2D eigenvalue weighted by Gasteiger charge is -2.20. The molecular formula is C32H20O10. The van der Waals surface area contributed by atoms with E-state index in [9.17, 15) is 34.8 Å². The number of benzene rings is 4. The summed E-state index contributed by atoms with van der Waals surface area (Å²) in [5.41, 5.74) is -2.12. The molecule has 0 bridgehead atoms. The maximum absolute atomic E-state index is 13.3. The minimum Gasteiger partial charge on any atom is -0.508 e. The SMILES string of the molecule is O=C(Oc1ccc(C(c2c(O)c3ccccc3oc2=O)c2c(O)c3ccccc3oc2=O)cc1)c1cc(O)cc(O)c1. The quantitative estimate of drug-likeness (QED) is 0.125. The summed E-state index contributed by atoms with van der Waals surface area (Å²) in [7, 11) is 0. The number of fused-ring (bicyclic) bond motifs is 2. The molecule has 2 heterocycles. The van der Waals surface area contributed by atoms with E-state index in [0.717, 1.165) is 18.2 Å². The predicted molar refractivity (Wildman–Crippen MR) is 150 cm³/mol. The monoisotopic (exact) mass is 564 g/mol. The Bertz CT molecular complexity index is 2000. The number of ether oxygens (including phenoxy) is 1. The van der Waals surface area contributed by atoms with Gasteiger partial charge < -0.3 is 34.0 Å². The summed E-state index contributed by atoms with van der Waals surface area (Å²) in [5.74, 6) is -3.73. The average Bonchev–Trinajstić information content (AvgIpc) is 2.96. The molecule has 0 saturated heterocycles. The lowest BCUT2D eigenvalue weighted by atomic mass is 9.84. The molecule has 10 heteroatoms. The van der Waals surface area contributed by atoms with E-state index in [1.165, 1.54) is 36.4 Å². The average molecular weight is 565 g/mol. The van der Waals surface area contributed by atoms with Gasteiger partial charge in [-0.1, -0.05) is 36.4 Å². The van der Waals surface area contributed by atoms with Crippen LogP contribution in [0.1, 0.15) is 33.0 Å². The number of esters is 1. The molecule has 6 aromatic rings. The van der Waals surface area contributed by atoms with Gasteiger partial charge in [0.1, 0.15) is 39.9 Å². The van der Waals surface area contributed by atoms with Crippen molar-refractivity contribution in [2.24, 2.45) is 0 Å². The van der Waals surface area contributed by atoms with E-state index in [-0.39, 0.29) is 61.4 Å². The molecule has 0 aliphatic carbocycles. The van der Waals surface area contributed by atoms with E-state index in [1.54, 1.807) is 36.4 Å². The van der Waals surface area contributed by atoms with Crippen LogP contribution in [-0.4, -0.2) is 26.4 Å². The van der Waals surface area contributed by atoms with Crippen molar-refractivity contribution in [3.8, 4) is 28.7 Å². The molecular weight excluding hydrogens is 544 g/mol. The first kappa shape index (κ1) is 26.2. The minimum atomic E-state index is -1.36. The lowest BCUT2D eigenvalue weighted by molar-refractivity contribution is 0.0733. The van der Waals surface area contributed by atoms with E-state index in [0.29, 0.717) is 0 Å². The molecule has 4 N–H and O–H groups in total. The number of phenols is 2. The smallest absolute Gasteiger partial charge is 0.344 e. The Morgan fingerprint density at radius 3 is 1.62 bits per heavy atom. The summed E-state index contributed by atoms with van der Waals surface area (Å²) >= 11 is 0. The van der Waals surface area contributed by atoms with Crippen LogP contribution in [0.15, 0.2) is 109 Å². The molecule has 0 unspecified atom stereocenters. The van der Waals surface area contributed by atoms with Crippen LogP contribution in [0, 0.1) is 0 Å². The number of carbonyl (C=O) groups is 1. The normalized spacial score (nSPS) is 11.3. The van der Waals surface area contributed by atoms with Crippen molar-refractivity contribution in [3.63, 3.8) is 0 Å². The highest BCUT2D eigenvalue weighted by Gasteiger charge is 2.32. The molecule has 0 aliphatic rings. The molecule has 4 aromatic carbocycles. The van der Waals surface area contributed by atoms with Crippen LogP contribution in [0.4, 0.5) is 0 Å². The Balaban J connectivity index is 1.51. The number of para-hydroxylation sites is 2. The summed E-state index contributed by atoms with van der Waals surface area (Å²) < 4.78 is 16.3. The lowest BCUT2D eigenvalue weighted by Crippen LogP contribution is -2.21. The fourth-order valence-corrected chi connectivity index (χ4v) is 4.89. The second-order valence-electron chi connectivity index (χ2n) is 9.43. The maximum atomic E-state index is 13.3. The third kappa shape index (κ3) is 4.56. The molecule has 0 saturated carbocycles. The van der Waals surface area contributed by atoms with E-state index >= 15 is 0 Å². The zero-order valence-electron chi connectivity index (χ0n) is 21.5. The van der Waals surface area contributed by atoms with Crippen LogP contribution < -0.4 is 16.0 Å². The fourth-order valence-electron chi connectivity index (χ4n) is 4.89. The van der Waals surface area contributed by atoms with Crippen LogP contribution in [-0.2, 0) is 0 Å². The van der Waals surface area contributed by atoms with Gasteiger partial charge in [-0.2, -0.15) is 0 Å². The van der Waals surface area contributed by atoms with Gasteiger partial charge in [0.2, 0.25) is 0 Å². The molecule has 0 fully saturated rings. The van der Waals surface area contributed by atoms with Gasteiger partial charge in [-0.15, -0.1) is 0 Å². The zero-order valence-corrected chi connectivity index (χ0v) is 21.5. The van der Waals surface area contributed by atoms with E-state index < -0.39 is 34.6 Å². The predicted octanol–water partition coefficient (Wildman–Crippen LogP) is 5.12. The molecule has 6 rings (SSSR count). The largest absolute Gasteiger partial charge is 0.508 e. The van der Waals surface area contributed by atoms with Crippen LogP contribution in [0.25, 0.3) is 21.9 Å². The van der Waals surface area contributed by atoms with Gasteiger partial charge in [0.05, 0.1) is 33.4 Å². The number of aromatic hydroxyl groups is 4. The molecule has 0 radical (unpaired) electrons. The topological polar surface area (TPSA) is 168 Å². The first-order valence-electron chi connectivity index (χ1n) is 12.6. The van der Waals surface area contributed by atoms with Gasteiger partial charge >= 0.3 is 17.2 Å². The van der Waals surface area contributed by atoms with Gasteiger partial charge in [-0.25, -0.2) is 14.4 Å². The highest BCUT2D eigenvalue weighted by atomic mass is 16.5. The molecule has 0 aliphatic heterocycles. The van der Waals surface area contributed by atoms with Crippen molar-refractivity contribution < 1.29 is 38.8 Å². The van der Waals surface area contributed by atoms with Gasteiger partial charge in [-0.3, -0.25) is 0 Å². The van der Waals surface area contributed by atoms with Gasteiger partial charge in [0.25, 0.3) is 0 Å². The zero-order chi connectivity index (χ0) is 29.5. The Hall–Kier alpha value is -6.03. The van der Waals surface area contributed by atoms with Crippen molar-refractivity contribution in [1.29, 1.82) is 0 Å². The van der Waals surface area contributed by atoms with Crippen molar-refractivity contribution in [1.82, 2.24) is 0 Å². The summed E-state index contributed by atoms with van der Waals surface area (Å²) in [6, 6.07) is 21.6. The summed E-state index contributed by atoms with van der Waals surface area (Å²) in [5, 5.41) is 42.3. The summed E-state index contributed by atoms with van der Waals surface area (Å²) in [6.07, 6.45) is 0. The minimum absolute atomic E-state index is 0.0508. The molecule has 0 amide bonds. The van der Waals surface area contributed by atoms with Gasteiger partial charge in [-0.05, 0) is 54.1 Å². The molecule has 0 spiro atoms. The first-order valence-corrected chi connectivity index (χ1v) is 12.6. The van der Waals surface area contributed by atoms with Crippen LogP contribution in [0.2, 0.25) is 0 Å². The molecule has 2 aromatic heterocycles. The van der Waals surface area contributed by atoms with Crippen molar-refractivity contribution in [2.75, 3.05) is 0 Å². The number of carbonyl (C=O) groups excluding carboxylic acids is 1. The number of rotatable bonds is 5. The van der Waals surface area contributed by atoms with E-state index in [2.05, 4.69) is 0 Å². The highest BCUT2D eigenvalue weighted by molar-refractivity contribution is 5.92. The Morgan fingerprint density at radius 2 is 1.12 bits per heavy atom. The van der Waals surface area contributed by atoms with Crippen molar-refractivity contribution in [3.05, 3.63) is 134 Å². The molecule has 0 atom stereocenters. The van der Waals surface area contributed by atoms with Crippen molar-refractivity contribution in [2.45, 2.75) is 5.92 Å². The van der Waals surface area contributed by atoms with Crippen LogP contribution in [0.5, 0.6) is 28.7 Å². The van der Waals surface area contributed by atoms with E-state index in [1.807, 2.05) is 0 Å². The molecule has 42 heavy (non-hydrogen) atoms. The Kier molecular flexibility index (Phi) is 6.35. The second-order valence-corrected chi connectivity index (χ2v) is 9.43. The fraction of sp³-hybridized carbons (Fsp3) is 0.0312. The van der Waals surface area contributed by atoms with Gasteiger partial charge in [0, 0.05) is 6.07 Å². The highest BCUT2D eigenvalue weighted by Crippen LogP contribution is 2.42. The summed E-state index contributed by atoms with van der Waals surface area (Å²) in [4.78, 5) is 39.2. The first-order chi connectivity index (χ1) is 20.2. The van der Waals surface area contributed by atoms with Crippen LogP contribution in [0.3, 0.4) is 0 Å². The van der Waals surface area contributed by atoms with Crippen molar-refractivity contribution >= 4 is 27.9 Å². The number of hydrogen-bond donors (Lipinski definition) is 4. The standard InChI is InChI=1S/C32H20O10/c33-18-13-17(14-19(34)15-18)30(37)40-20-11-9-16(10-12-20)25(26-28(35)21-5-1-3-7-23(21)41-31(26)38)27-29(36)22-6-2-4-8-24(22)42-32(27)39/h1-15,25,33-36H. The number of phenolic OH excluding ortho intramolecular Hbond substituents is 2. The van der Waals surface area contributed by atoms with E-state index in [4.69, 9.17) is 13.6 Å². The van der Waals surface area contributed by atoms with Crippen LogP contribution >= 0.6 is 0 Å². The third-order valence-corrected chi connectivity index (χ3v) is 6.78. The van der Waals surface area contributed by atoms with Gasteiger partial charge in [0.15, 0.2) is 0 Å². The summed E-state index contributed by atoms with van der Waals surface area (Å²) in [6.45, 7) is 0. The Labute approximate surface area is 235 Å². The number of hydrogen-bond acceptors (Lipinski definition) is 10. The third-order valence-electron chi connectivity index (χ3n) is 6.78.